The van der Waals surface area contributed by atoms with Gasteiger partial charge >= 0.3 is 15.6 Å². The minimum absolute atomic E-state index is 0.123. The second-order valence-corrected chi connectivity index (χ2v) is 4.51. The quantitative estimate of drug-likeness (QED) is 0.376. The highest BCUT2D eigenvalue weighted by atomic mass is 32.2. The van der Waals surface area contributed by atoms with Crippen molar-refractivity contribution in [1.82, 2.24) is 0 Å². The third kappa shape index (κ3) is 3.48. The SMILES string of the molecule is C/[P+]([O-])=C/OS(=O)(=O)C(F)(F)F. The van der Waals surface area contributed by atoms with E-state index in [2.05, 4.69) is 4.18 Å². The van der Waals surface area contributed by atoms with Crippen LogP contribution in [0.1, 0.15) is 0 Å². The second-order valence-electron chi connectivity index (χ2n) is 1.65. The van der Waals surface area contributed by atoms with Crippen molar-refractivity contribution >= 4 is 23.9 Å². The maximum absolute atomic E-state index is 11.5. The van der Waals surface area contributed by atoms with Gasteiger partial charge in [0, 0.05) is 0 Å². The summed E-state index contributed by atoms with van der Waals surface area (Å²) in [6.45, 7) is 1.00. The van der Waals surface area contributed by atoms with Gasteiger partial charge in [-0.3, -0.25) is 0 Å². The molecule has 0 rings (SSSR count). The molecule has 4 nitrogen and oxygen atoms in total. The average Bonchev–Trinajstić information content (AvgIpc) is 1.81. The van der Waals surface area contributed by atoms with E-state index in [4.69, 9.17) is 0 Å². The molecule has 0 aromatic carbocycles. The molecule has 1 unspecified atom stereocenters. The van der Waals surface area contributed by atoms with Gasteiger partial charge in [-0.25, -0.2) is 0 Å². The fraction of sp³-hybridized carbons (Fsp3) is 0.667. The zero-order valence-corrected chi connectivity index (χ0v) is 7.41. The Bertz CT molecular complexity index is 274. The number of alkyl halides is 3. The fourth-order valence-corrected chi connectivity index (χ4v) is 1.22. The number of hydrogen-bond acceptors (Lipinski definition) is 4. The number of hydrogen-bond donors (Lipinski definition) is 0. The van der Waals surface area contributed by atoms with E-state index in [1.807, 2.05) is 0 Å². The Balaban J connectivity index is 4.59. The molecule has 0 saturated carbocycles. The van der Waals surface area contributed by atoms with Gasteiger partial charge in [-0.1, -0.05) is 0 Å². The van der Waals surface area contributed by atoms with Crippen LogP contribution in [0.15, 0.2) is 0 Å². The van der Waals surface area contributed by atoms with Crippen molar-refractivity contribution in [3.8, 4) is 0 Å². The van der Waals surface area contributed by atoms with E-state index >= 15 is 0 Å². The highest BCUT2D eigenvalue weighted by molar-refractivity contribution is 7.88. The predicted octanol–water partition coefficient (Wildman–Crippen LogP) is -0.000700. The molecule has 0 aliphatic heterocycles. The van der Waals surface area contributed by atoms with Gasteiger partial charge in [-0.05, 0) is 0 Å². The zero-order chi connectivity index (χ0) is 9.99. The molecular weight excluding hydrogens is 220 g/mol. The van der Waals surface area contributed by atoms with Gasteiger partial charge in [0.15, 0.2) is 0 Å². The molecule has 0 fully saturated rings. The Morgan fingerprint density at radius 3 is 2.17 bits per heavy atom. The third-order valence-electron chi connectivity index (χ3n) is 0.602. The van der Waals surface area contributed by atoms with E-state index in [0.717, 1.165) is 6.66 Å². The first kappa shape index (κ1) is 11.8. The summed E-state index contributed by atoms with van der Waals surface area (Å²) in [7, 11) is -7.82. The largest absolute Gasteiger partial charge is 0.629 e. The lowest BCUT2D eigenvalue weighted by Crippen LogP contribution is -2.25. The van der Waals surface area contributed by atoms with Gasteiger partial charge in [-0.15, -0.1) is 0 Å². The lowest BCUT2D eigenvalue weighted by molar-refractivity contribution is -0.151. The minimum atomic E-state index is -5.63. The van der Waals surface area contributed by atoms with Crippen LogP contribution < -0.4 is 4.89 Å². The molecule has 1 atom stereocenters. The Labute approximate surface area is 67.6 Å². The van der Waals surface area contributed by atoms with E-state index in [0.29, 0.717) is 0 Å². The molecule has 0 amide bonds. The fourth-order valence-electron chi connectivity index (χ4n) is 0.172. The molecular formula is C3H4F3O4PS. The second kappa shape index (κ2) is 3.69. The summed E-state index contributed by atoms with van der Waals surface area (Å²) >= 11 is 0. The highest BCUT2D eigenvalue weighted by Gasteiger charge is 2.47. The molecule has 0 aliphatic rings. The van der Waals surface area contributed by atoms with Crippen molar-refractivity contribution < 1.29 is 30.7 Å². The van der Waals surface area contributed by atoms with Crippen molar-refractivity contribution in [3.63, 3.8) is 0 Å². The normalized spacial score (nSPS) is 14.9. The first-order chi connectivity index (χ1) is 5.17. The molecule has 0 aromatic heterocycles. The molecule has 0 saturated heterocycles. The van der Waals surface area contributed by atoms with Crippen LogP contribution >= 0.6 is 7.77 Å². The van der Waals surface area contributed by atoms with Crippen LogP contribution in [0.25, 0.3) is 0 Å². The van der Waals surface area contributed by atoms with Gasteiger partial charge in [-0.2, -0.15) is 25.8 Å². The summed E-state index contributed by atoms with van der Waals surface area (Å²) in [6.07, 6.45) is 0. The minimum Gasteiger partial charge on any atom is -0.629 e. The standard InChI is InChI=1S/C3H4F3O4PS/c1-11(7)2-10-12(8,9)3(4,5)6/h2H,1H3. The summed E-state index contributed by atoms with van der Waals surface area (Å²) in [4.78, 5) is 10.2. The van der Waals surface area contributed by atoms with Crippen LogP contribution in [-0.4, -0.2) is 26.6 Å². The van der Waals surface area contributed by atoms with Gasteiger partial charge in [0.2, 0.25) is 5.98 Å². The Hall–Kier alpha value is -0.170. The van der Waals surface area contributed by atoms with E-state index in [1.54, 1.807) is 0 Å². The molecule has 72 valence electrons. The van der Waals surface area contributed by atoms with Gasteiger partial charge in [0.25, 0.3) is 0 Å². The summed E-state index contributed by atoms with van der Waals surface area (Å²) in [5.74, 6) is 0.123. The number of rotatable bonds is 2. The van der Waals surface area contributed by atoms with Crippen LogP contribution in [0, 0.1) is 0 Å². The summed E-state index contributed by atoms with van der Waals surface area (Å²) in [6, 6.07) is 0. The molecule has 0 spiro atoms. The molecule has 0 N–H and O–H groups in total. The maximum atomic E-state index is 11.5. The van der Waals surface area contributed by atoms with Crippen LogP contribution in [0.2, 0.25) is 0 Å². The van der Waals surface area contributed by atoms with E-state index in [-0.39, 0.29) is 5.98 Å². The summed E-state index contributed by atoms with van der Waals surface area (Å²) in [5.41, 5.74) is -5.48. The molecule has 0 aliphatic carbocycles. The van der Waals surface area contributed by atoms with Crippen LogP contribution in [-0.2, 0) is 14.3 Å². The van der Waals surface area contributed by atoms with E-state index in [9.17, 15) is 26.5 Å². The van der Waals surface area contributed by atoms with Crippen molar-refractivity contribution in [2.24, 2.45) is 0 Å². The summed E-state index contributed by atoms with van der Waals surface area (Å²) < 4.78 is 57.8. The topological polar surface area (TPSA) is 66.4 Å². The number of halogens is 3. The highest BCUT2D eigenvalue weighted by Crippen LogP contribution is 2.24. The van der Waals surface area contributed by atoms with Gasteiger partial charge in [0.1, 0.15) is 0 Å². The monoisotopic (exact) mass is 224 g/mol. The van der Waals surface area contributed by atoms with Crippen LogP contribution in [0.4, 0.5) is 13.2 Å². The average molecular weight is 224 g/mol. The Morgan fingerprint density at radius 1 is 1.50 bits per heavy atom. The molecule has 12 heavy (non-hydrogen) atoms. The smallest absolute Gasteiger partial charge is 0.523 e. The van der Waals surface area contributed by atoms with Gasteiger partial charge in [0.05, 0.1) is 14.4 Å². The van der Waals surface area contributed by atoms with Crippen molar-refractivity contribution in [2.45, 2.75) is 5.51 Å². The molecule has 0 heterocycles. The van der Waals surface area contributed by atoms with Crippen molar-refractivity contribution in [3.05, 3.63) is 0 Å². The van der Waals surface area contributed by atoms with Crippen molar-refractivity contribution in [2.75, 3.05) is 6.66 Å². The van der Waals surface area contributed by atoms with Crippen LogP contribution in [0.3, 0.4) is 0 Å². The van der Waals surface area contributed by atoms with Gasteiger partial charge < -0.3 is 4.89 Å². The maximum Gasteiger partial charge on any atom is 0.523 e. The Morgan fingerprint density at radius 2 is 1.92 bits per heavy atom. The first-order valence-corrected chi connectivity index (χ1v) is 5.58. The molecule has 0 bridgehead atoms. The Kier molecular flexibility index (Phi) is 3.64. The molecule has 0 radical (unpaired) electrons. The molecule has 9 heteroatoms. The summed E-state index contributed by atoms with van der Waals surface area (Å²) in [5, 5.41) is 0. The van der Waals surface area contributed by atoms with Crippen LogP contribution in [0.5, 0.6) is 0 Å². The van der Waals surface area contributed by atoms with E-state index < -0.39 is 23.4 Å². The zero-order valence-electron chi connectivity index (χ0n) is 5.70. The lowest BCUT2D eigenvalue weighted by Gasteiger charge is -2.02. The third-order valence-corrected chi connectivity index (χ3v) is 2.06. The first-order valence-electron chi connectivity index (χ1n) is 2.39. The predicted molar refractivity (Wildman–Crippen MR) is 35.0 cm³/mol. The van der Waals surface area contributed by atoms with E-state index in [1.165, 1.54) is 0 Å². The lowest BCUT2D eigenvalue weighted by atomic mass is 11.6. The van der Waals surface area contributed by atoms with Crippen molar-refractivity contribution in [1.29, 1.82) is 0 Å². The molecule has 0 aromatic rings.